The number of aliphatic imine (C=N–C) groups is 1. The Labute approximate surface area is 111 Å². The zero-order chi connectivity index (χ0) is 14.7. The number of carbonyl (C=O) groups excluding carboxylic acids is 1. The molecule has 0 bridgehead atoms. The molecule has 0 aliphatic rings. The largest absolute Gasteiger partial charge is 0.545 e. The molecule has 2 aromatic rings. The van der Waals surface area contributed by atoms with Gasteiger partial charge >= 0.3 is 5.69 Å². The fourth-order valence-electron chi connectivity index (χ4n) is 1.43. The number of nitrogens with one attached hydrogen (secondary N) is 2. The predicted octanol–water partition coefficient (Wildman–Crippen LogP) is -1.12. The van der Waals surface area contributed by atoms with E-state index >= 15 is 0 Å². The summed E-state index contributed by atoms with van der Waals surface area (Å²) in [5.74, 6) is -1.91. The van der Waals surface area contributed by atoms with Crippen LogP contribution in [-0.2, 0) is 0 Å². The second-order valence-electron chi connectivity index (χ2n) is 3.76. The van der Waals surface area contributed by atoms with Crippen LogP contribution in [0.5, 0.6) is 5.88 Å². The van der Waals surface area contributed by atoms with Crippen LogP contribution in [0.3, 0.4) is 0 Å². The fraction of sp³-hybridized carbons (Fsp3) is 0. The molecule has 1 heterocycles. The number of carboxylic acids is 1. The van der Waals surface area contributed by atoms with Gasteiger partial charge in [0.2, 0.25) is 5.88 Å². The van der Waals surface area contributed by atoms with Crippen molar-refractivity contribution in [2.24, 2.45) is 4.99 Å². The van der Waals surface area contributed by atoms with Crippen LogP contribution in [0, 0.1) is 0 Å². The number of carboxylic acid groups (broad SMARTS) is 1. The van der Waals surface area contributed by atoms with E-state index in [1.54, 1.807) is 0 Å². The summed E-state index contributed by atoms with van der Waals surface area (Å²) < 4.78 is 0. The number of benzene rings is 1. The van der Waals surface area contributed by atoms with E-state index in [9.17, 15) is 24.6 Å². The molecule has 0 atom stereocenters. The first-order chi connectivity index (χ1) is 9.47. The molecule has 102 valence electrons. The molecule has 20 heavy (non-hydrogen) atoms. The van der Waals surface area contributed by atoms with Gasteiger partial charge in [0.1, 0.15) is 5.56 Å². The Balaban J connectivity index is 2.32. The van der Waals surface area contributed by atoms with Crippen molar-refractivity contribution < 1.29 is 15.0 Å². The van der Waals surface area contributed by atoms with Gasteiger partial charge in [-0.25, -0.2) is 4.79 Å². The van der Waals surface area contributed by atoms with Crippen molar-refractivity contribution >= 4 is 17.9 Å². The Kier molecular flexibility index (Phi) is 3.47. The summed E-state index contributed by atoms with van der Waals surface area (Å²) in [4.78, 5) is 40.7. The van der Waals surface area contributed by atoms with E-state index in [2.05, 4.69) is 4.99 Å². The summed E-state index contributed by atoms with van der Waals surface area (Å²) in [5, 5.41) is 20.0. The molecular weight excluding hydrogens is 266 g/mol. The highest BCUT2D eigenvalue weighted by molar-refractivity contribution is 5.87. The zero-order valence-corrected chi connectivity index (χ0v) is 9.91. The number of aromatic hydroxyl groups is 1. The predicted molar refractivity (Wildman–Crippen MR) is 67.4 cm³/mol. The minimum Gasteiger partial charge on any atom is -0.545 e. The van der Waals surface area contributed by atoms with Crippen molar-refractivity contribution in [3.05, 3.63) is 56.2 Å². The number of carbonyl (C=O) groups is 1. The van der Waals surface area contributed by atoms with Gasteiger partial charge in [-0.15, -0.1) is 0 Å². The van der Waals surface area contributed by atoms with Crippen LogP contribution >= 0.6 is 0 Å². The van der Waals surface area contributed by atoms with Crippen LogP contribution in [0.1, 0.15) is 15.9 Å². The van der Waals surface area contributed by atoms with E-state index in [1.165, 1.54) is 24.3 Å². The highest BCUT2D eigenvalue weighted by Gasteiger charge is 2.05. The van der Waals surface area contributed by atoms with Gasteiger partial charge in [-0.05, 0) is 17.7 Å². The SMILES string of the molecule is O=C([O-])c1ccc(N=Cc2c(O)[nH]c(=O)[nH]c2=O)cc1. The smallest absolute Gasteiger partial charge is 0.328 e. The molecule has 1 aromatic carbocycles. The monoisotopic (exact) mass is 274 g/mol. The average Bonchev–Trinajstić information content (AvgIpc) is 2.38. The van der Waals surface area contributed by atoms with Gasteiger partial charge in [0, 0.05) is 6.21 Å². The number of aromatic nitrogens is 2. The molecule has 1 aromatic heterocycles. The number of aromatic carboxylic acids is 1. The molecule has 0 unspecified atom stereocenters. The lowest BCUT2D eigenvalue weighted by Crippen LogP contribution is -2.24. The van der Waals surface area contributed by atoms with Crippen LogP contribution in [-0.4, -0.2) is 27.3 Å². The molecule has 3 N–H and O–H groups in total. The quantitative estimate of drug-likeness (QED) is 0.608. The number of hydrogen-bond donors (Lipinski definition) is 3. The third-order valence-corrected chi connectivity index (χ3v) is 2.40. The van der Waals surface area contributed by atoms with Crippen LogP contribution in [0.4, 0.5) is 5.69 Å². The Morgan fingerprint density at radius 1 is 1.20 bits per heavy atom. The first-order valence-corrected chi connectivity index (χ1v) is 5.38. The van der Waals surface area contributed by atoms with Gasteiger partial charge < -0.3 is 15.0 Å². The lowest BCUT2D eigenvalue weighted by Gasteiger charge is -2.01. The van der Waals surface area contributed by atoms with E-state index in [1.807, 2.05) is 9.97 Å². The van der Waals surface area contributed by atoms with E-state index in [-0.39, 0.29) is 11.1 Å². The Hall–Kier alpha value is -3.16. The van der Waals surface area contributed by atoms with E-state index in [0.717, 1.165) is 6.21 Å². The zero-order valence-electron chi connectivity index (χ0n) is 9.91. The normalized spacial score (nSPS) is 10.8. The maximum atomic E-state index is 11.4. The van der Waals surface area contributed by atoms with Gasteiger partial charge in [-0.3, -0.25) is 19.8 Å². The number of nitrogens with zero attached hydrogens (tertiary/aromatic N) is 1. The van der Waals surface area contributed by atoms with Crippen molar-refractivity contribution in [1.29, 1.82) is 0 Å². The summed E-state index contributed by atoms with van der Waals surface area (Å²) in [6.45, 7) is 0. The van der Waals surface area contributed by atoms with Gasteiger partial charge in [0.25, 0.3) is 5.56 Å². The average molecular weight is 274 g/mol. The van der Waals surface area contributed by atoms with Crippen LogP contribution < -0.4 is 16.4 Å². The Morgan fingerprint density at radius 3 is 2.40 bits per heavy atom. The first kappa shape index (κ1) is 13.3. The van der Waals surface area contributed by atoms with Crippen molar-refractivity contribution in [2.75, 3.05) is 0 Å². The van der Waals surface area contributed by atoms with Gasteiger partial charge in [-0.1, -0.05) is 12.1 Å². The van der Waals surface area contributed by atoms with Crippen LogP contribution in [0.15, 0.2) is 38.8 Å². The van der Waals surface area contributed by atoms with Crippen molar-refractivity contribution in [2.45, 2.75) is 0 Å². The maximum Gasteiger partial charge on any atom is 0.328 e. The standard InChI is InChI=1S/C12H9N3O5/c16-9-8(10(17)15-12(20)14-9)5-13-7-3-1-6(2-4-7)11(18)19/h1-5H,(H,18,19)(H3,14,15,16,17,20)/p-1. The van der Waals surface area contributed by atoms with Crippen molar-refractivity contribution in [1.82, 2.24) is 9.97 Å². The molecule has 0 amide bonds. The minimum atomic E-state index is -1.31. The Morgan fingerprint density at radius 2 is 1.85 bits per heavy atom. The summed E-state index contributed by atoms with van der Waals surface area (Å²) in [5.41, 5.74) is -1.48. The van der Waals surface area contributed by atoms with Crippen LogP contribution in [0.25, 0.3) is 0 Å². The fourth-order valence-corrected chi connectivity index (χ4v) is 1.43. The summed E-state index contributed by atoms with van der Waals surface area (Å²) in [6, 6.07) is 5.38. The first-order valence-electron chi connectivity index (χ1n) is 5.38. The molecule has 0 aliphatic heterocycles. The van der Waals surface area contributed by atoms with E-state index < -0.39 is 23.1 Å². The van der Waals surface area contributed by atoms with Crippen molar-refractivity contribution in [3.63, 3.8) is 0 Å². The minimum absolute atomic E-state index is 0.00585. The lowest BCUT2D eigenvalue weighted by molar-refractivity contribution is -0.255. The second-order valence-corrected chi connectivity index (χ2v) is 3.76. The van der Waals surface area contributed by atoms with E-state index in [0.29, 0.717) is 5.69 Å². The maximum absolute atomic E-state index is 11.4. The highest BCUT2D eigenvalue weighted by Crippen LogP contribution is 2.13. The van der Waals surface area contributed by atoms with Gasteiger partial charge in [0.15, 0.2) is 0 Å². The topological polar surface area (TPSA) is 138 Å². The molecular formula is C12H8N3O5-. The third kappa shape index (κ3) is 2.80. The molecule has 0 spiro atoms. The summed E-state index contributed by atoms with van der Waals surface area (Å²) in [7, 11) is 0. The van der Waals surface area contributed by atoms with Crippen LogP contribution in [0.2, 0.25) is 0 Å². The highest BCUT2D eigenvalue weighted by atomic mass is 16.4. The number of rotatable bonds is 3. The number of aromatic amines is 2. The molecule has 8 nitrogen and oxygen atoms in total. The summed E-state index contributed by atoms with van der Waals surface area (Å²) in [6.07, 6.45) is 1.05. The third-order valence-electron chi connectivity index (χ3n) is 2.40. The Bertz CT molecular complexity index is 786. The lowest BCUT2D eigenvalue weighted by atomic mass is 10.2. The van der Waals surface area contributed by atoms with E-state index in [4.69, 9.17) is 0 Å². The molecule has 0 saturated carbocycles. The molecule has 0 radical (unpaired) electrons. The number of H-pyrrole nitrogens is 2. The molecule has 8 heteroatoms. The molecule has 0 saturated heterocycles. The molecule has 0 aliphatic carbocycles. The van der Waals surface area contributed by atoms with Gasteiger partial charge in [0.05, 0.1) is 11.7 Å². The number of hydrogen-bond acceptors (Lipinski definition) is 6. The van der Waals surface area contributed by atoms with Crippen molar-refractivity contribution in [3.8, 4) is 5.88 Å². The second kappa shape index (κ2) is 5.22. The van der Waals surface area contributed by atoms with Gasteiger partial charge in [-0.2, -0.15) is 0 Å². The molecule has 0 fully saturated rings. The summed E-state index contributed by atoms with van der Waals surface area (Å²) >= 11 is 0. The molecule has 2 rings (SSSR count).